The van der Waals surface area contributed by atoms with Crippen molar-refractivity contribution < 1.29 is 9.59 Å². The van der Waals surface area contributed by atoms with E-state index in [0.29, 0.717) is 31.0 Å². The normalized spacial score (nSPS) is 16.1. The van der Waals surface area contributed by atoms with Gasteiger partial charge in [0.1, 0.15) is 5.54 Å². The minimum atomic E-state index is -0.799. The molecule has 0 bridgehead atoms. The van der Waals surface area contributed by atoms with Crippen molar-refractivity contribution in [3.63, 3.8) is 0 Å². The molecule has 0 aliphatic heterocycles. The van der Waals surface area contributed by atoms with Crippen LogP contribution in [0.5, 0.6) is 0 Å². The third kappa shape index (κ3) is 4.10. The molecule has 1 heterocycles. The van der Waals surface area contributed by atoms with Crippen LogP contribution in [0.15, 0.2) is 24.4 Å². The fraction of sp³-hybridized carbons (Fsp3) is 0.500. The molecule has 1 aliphatic rings. The zero-order valence-electron chi connectivity index (χ0n) is 14.6. The first kappa shape index (κ1) is 17.7. The number of urea groups is 1. The number of aromatic nitrogens is 1. The van der Waals surface area contributed by atoms with Gasteiger partial charge in [-0.25, -0.2) is 4.79 Å². The van der Waals surface area contributed by atoms with E-state index in [-0.39, 0.29) is 11.9 Å². The summed E-state index contributed by atoms with van der Waals surface area (Å²) in [4.78, 5) is 25.1. The maximum absolute atomic E-state index is 12.6. The fourth-order valence-electron chi connectivity index (χ4n) is 3.18. The second-order valence-corrected chi connectivity index (χ2v) is 7.88. The molecule has 1 aromatic carbocycles. The summed E-state index contributed by atoms with van der Waals surface area (Å²) in [6.07, 6.45) is 5.03. The second kappa shape index (κ2) is 7.39. The Morgan fingerprint density at radius 2 is 2.04 bits per heavy atom. The maximum Gasteiger partial charge on any atom is 0.320 e. The van der Waals surface area contributed by atoms with E-state index < -0.39 is 5.54 Å². The summed E-state index contributed by atoms with van der Waals surface area (Å²) >= 11 is 1.42. The topological polar surface area (TPSA) is 83.1 Å². The third-order valence-electron chi connectivity index (χ3n) is 4.53. The van der Waals surface area contributed by atoms with Gasteiger partial charge in [-0.2, -0.15) is 4.37 Å². The summed E-state index contributed by atoms with van der Waals surface area (Å²) in [6, 6.07) is 5.33. The molecule has 1 fully saturated rings. The second-order valence-electron chi connectivity index (χ2n) is 7.05. The van der Waals surface area contributed by atoms with Crippen molar-refractivity contribution in [3.8, 4) is 0 Å². The average molecular weight is 360 g/mol. The molecule has 7 heteroatoms. The van der Waals surface area contributed by atoms with Gasteiger partial charge in [-0.15, -0.1) is 0 Å². The maximum atomic E-state index is 12.6. The zero-order chi connectivity index (χ0) is 17.9. The quantitative estimate of drug-likeness (QED) is 0.763. The van der Waals surface area contributed by atoms with Gasteiger partial charge in [-0.1, -0.05) is 26.7 Å². The van der Waals surface area contributed by atoms with Crippen LogP contribution < -0.4 is 16.0 Å². The van der Waals surface area contributed by atoms with Gasteiger partial charge in [-0.3, -0.25) is 4.79 Å². The lowest BCUT2D eigenvalue weighted by atomic mass is 9.96. The fourth-order valence-corrected chi connectivity index (χ4v) is 3.81. The Kier molecular flexibility index (Phi) is 5.22. The lowest BCUT2D eigenvalue weighted by Gasteiger charge is -2.29. The molecule has 134 valence electrons. The van der Waals surface area contributed by atoms with E-state index in [1.54, 1.807) is 6.20 Å². The van der Waals surface area contributed by atoms with E-state index in [9.17, 15) is 9.59 Å². The van der Waals surface area contributed by atoms with Crippen molar-refractivity contribution in [2.24, 2.45) is 5.92 Å². The number of carbonyl (C=O) groups excluding carboxylic acids is 2. The molecule has 6 nitrogen and oxygen atoms in total. The first-order chi connectivity index (χ1) is 12.0. The number of nitrogens with zero attached hydrogens (tertiary/aromatic N) is 1. The highest BCUT2D eigenvalue weighted by molar-refractivity contribution is 7.13. The van der Waals surface area contributed by atoms with Crippen LogP contribution in [0.2, 0.25) is 0 Å². The first-order valence-corrected chi connectivity index (χ1v) is 9.48. The van der Waals surface area contributed by atoms with Crippen molar-refractivity contribution in [2.45, 2.75) is 45.1 Å². The van der Waals surface area contributed by atoms with Crippen molar-refractivity contribution in [2.75, 3.05) is 11.9 Å². The van der Waals surface area contributed by atoms with E-state index in [0.717, 1.165) is 22.9 Å². The molecule has 0 unspecified atom stereocenters. The van der Waals surface area contributed by atoms with E-state index in [1.165, 1.54) is 11.5 Å². The predicted molar refractivity (Wildman–Crippen MR) is 101 cm³/mol. The Morgan fingerprint density at radius 1 is 1.28 bits per heavy atom. The molecule has 3 N–H and O–H groups in total. The number of benzene rings is 1. The van der Waals surface area contributed by atoms with Crippen LogP contribution in [0.1, 0.15) is 39.5 Å². The highest BCUT2D eigenvalue weighted by Crippen LogP contribution is 2.30. The lowest BCUT2D eigenvalue weighted by Crippen LogP contribution is -2.58. The third-order valence-corrected chi connectivity index (χ3v) is 5.31. The van der Waals surface area contributed by atoms with E-state index in [4.69, 9.17) is 0 Å². The van der Waals surface area contributed by atoms with Crippen molar-refractivity contribution in [1.29, 1.82) is 0 Å². The Balaban J connectivity index is 1.66. The van der Waals surface area contributed by atoms with Crippen LogP contribution in [0.3, 0.4) is 0 Å². The molecule has 1 saturated carbocycles. The van der Waals surface area contributed by atoms with Gasteiger partial charge in [-0.05, 0) is 48.5 Å². The Hall–Kier alpha value is -2.15. The minimum Gasteiger partial charge on any atom is -0.354 e. The molecule has 1 aliphatic carbocycles. The smallest absolute Gasteiger partial charge is 0.320 e. The summed E-state index contributed by atoms with van der Waals surface area (Å²) in [5.41, 5.74) is -0.103. The molecular formula is C18H24N4O2S. The van der Waals surface area contributed by atoms with Crippen molar-refractivity contribution in [1.82, 2.24) is 15.0 Å². The molecule has 1 aromatic heterocycles. The molecule has 0 atom stereocenters. The van der Waals surface area contributed by atoms with Crippen LogP contribution in [-0.4, -0.2) is 28.4 Å². The monoisotopic (exact) mass is 360 g/mol. The molecule has 3 rings (SSSR count). The molecule has 2 aromatic rings. The van der Waals surface area contributed by atoms with E-state index in [1.807, 2.05) is 18.2 Å². The van der Waals surface area contributed by atoms with Gasteiger partial charge >= 0.3 is 6.03 Å². The van der Waals surface area contributed by atoms with Crippen LogP contribution in [0.4, 0.5) is 10.5 Å². The number of amides is 3. The van der Waals surface area contributed by atoms with Gasteiger partial charge in [0.2, 0.25) is 5.91 Å². The molecule has 0 saturated heterocycles. The van der Waals surface area contributed by atoms with Gasteiger partial charge in [0.05, 0.1) is 4.70 Å². The number of anilines is 1. The zero-order valence-corrected chi connectivity index (χ0v) is 15.4. The number of hydrogen-bond acceptors (Lipinski definition) is 4. The summed E-state index contributed by atoms with van der Waals surface area (Å²) in [5, 5.41) is 9.73. The number of fused-ring (bicyclic) bond motifs is 1. The number of nitrogens with one attached hydrogen (secondary N) is 3. The van der Waals surface area contributed by atoms with Gasteiger partial charge in [0.25, 0.3) is 0 Å². The summed E-state index contributed by atoms with van der Waals surface area (Å²) in [5.74, 6) is 0.300. The highest BCUT2D eigenvalue weighted by Gasteiger charge is 2.42. The highest BCUT2D eigenvalue weighted by atomic mass is 32.1. The van der Waals surface area contributed by atoms with Crippen LogP contribution in [0.25, 0.3) is 10.1 Å². The van der Waals surface area contributed by atoms with Gasteiger partial charge < -0.3 is 16.0 Å². The van der Waals surface area contributed by atoms with Crippen LogP contribution >= 0.6 is 11.5 Å². The number of hydrogen-bond donors (Lipinski definition) is 3. The predicted octanol–water partition coefficient (Wildman–Crippen LogP) is 3.50. The molecule has 0 spiro atoms. The standard InChI is InChI=1S/C18H24N4O2S/c1-12(2)10-19-16(23)18(7-3-4-8-18)22-17(24)21-14-5-6-15-13(9-14)11-20-25-15/h5-6,9,11-12H,3-4,7-8,10H2,1-2H3,(H,19,23)(H2,21,22,24). The Bertz CT molecular complexity index is 765. The van der Waals surface area contributed by atoms with E-state index >= 15 is 0 Å². The molecular weight excluding hydrogens is 336 g/mol. The average Bonchev–Trinajstić information content (AvgIpc) is 3.21. The van der Waals surface area contributed by atoms with Gasteiger partial charge in [0.15, 0.2) is 0 Å². The number of rotatable bonds is 5. The Labute approximate surface area is 151 Å². The lowest BCUT2D eigenvalue weighted by molar-refractivity contribution is -0.127. The summed E-state index contributed by atoms with van der Waals surface area (Å²) < 4.78 is 5.21. The van der Waals surface area contributed by atoms with Crippen molar-refractivity contribution >= 4 is 39.2 Å². The van der Waals surface area contributed by atoms with Crippen LogP contribution in [0, 0.1) is 5.92 Å². The summed E-state index contributed by atoms with van der Waals surface area (Å²) in [6.45, 7) is 4.72. The molecule has 3 amide bonds. The SMILES string of the molecule is CC(C)CNC(=O)C1(NC(=O)Nc2ccc3sncc3c2)CCCC1. The van der Waals surface area contributed by atoms with Crippen molar-refractivity contribution in [3.05, 3.63) is 24.4 Å². The van der Waals surface area contributed by atoms with Gasteiger partial charge in [0, 0.05) is 23.8 Å². The summed E-state index contributed by atoms with van der Waals surface area (Å²) in [7, 11) is 0. The molecule has 0 radical (unpaired) electrons. The first-order valence-electron chi connectivity index (χ1n) is 8.70. The van der Waals surface area contributed by atoms with Crippen LogP contribution in [-0.2, 0) is 4.79 Å². The largest absolute Gasteiger partial charge is 0.354 e. The number of carbonyl (C=O) groups is 2. The Morgan fingerprint density at radius 3 is 2.76 bits per heavy atom. The van der Waals surface area contributed by atoms with E-state index in [2.05, 4.69) is 34.2 Å². The minimum absolute atomic E-state index is 0.0775. The molecule has 25 heavy (non-hydrogen) atoms.